The zero-order chi connectivity index (χ0) is 13.5. The van der Waals surface area contributed by atoms with Crippen molar-refractivity contribution in [1.29, 1.82) is 0 Å². The second kappa shape index (κ2) is 4.04. The molecule has 0 radical (unpaired) electrons. The summed E-state index contributed by atoms with van der Waals surface area (Å²) in [5.74, 6) is -3.65. The molecule has 2 N–H and O–H groups in total. The molecule has 0 bridgehead atoms. The van der Waals surface area contributed by atoms with Crippen molar-refractivity contribution in [3.8, 4) is 0 Å². The van der Waals surface area contributed by atoms with Gasteiger partial charge >= 0.3 is 5.97 Å². The van der Waals surface area contributed by atoms with Crippen molar-refractivity contribution in [2.45, 2.75) is 25.3 Å². The number of hydrogen-bond donors (Lipinski definition) is 2. The van der Waals surface area contributed by atoms with E-state index in [1.165, 1.54) is 6.92 Å². The highest BCUT2D eigenvalue weighted by Crippen LogP contribution is 2.35. The van der Waals surface area contributed by atoms with Gasteiger partial charge in [-0.1, -0.05) is 0 Å². The Morgan fingerprint density at radius 3 is 2.39 bits per heavy atom. The third-order valence-electron chi connectivity index (χ3n) is 3.01. The number of aliphatic carboxylic acids is 1. The fourth-order valence-electron chi connectivity index (χ4n) is 1.62. The van der Waals surface area contributed by atoms with Gasteiger partial charge in [-0.3, -0.25) is 4.79 Å². The van der Waals surface area contributed by atoms with Gasteiger partial charge in [0.15, 0.2) is 0 Å². The molecule has 0 heterocycles. The first kappa shape index (κ1) is 12.5. The number of nitrogens with one attached hydrogen (secondary N) is 1. The van der Waals surface area contributed by atoms with E-state index in [2.05, 4.69) is 5.32 Å². The zero-order valence-corrected chi connectivity index (χ0v) is 9.59. The van der Waals surface area contributed by atoms with Gasteiger partial charge < -0.3 is 10.4 Å². The molecule has 96 valence electrons. The number of hydrogen-bond acceptors (Lipinski definition) is 2. The lowest BCUT2D eigenvalue weighted by Gasteiger charge is -2.13. The van der Waals surface area contributed by atoms with E-state index in [-0.39, 0.29) is 5.56 Å². The van der Waals surface area contributed by atoms with Gasteiger partial charge in [0, 0.05) is 0 Å². The summed E-state index contributed by atoms with van der Waals surface area (Å²) >= 11 is 0. The third-order valence-corrected chi connectivity index (χ3v) is 3.01. The Morgan fingerprint density at radius 2 is 1.89 bits per heavy atom. The number of carbonyl (C=O) groups excluding carboxylic acids is 1. The Balaban J connectivity index is 2.25. The largest absolute Gasteiger partial charge is 0.480 e. The first-order chi connectivity index (χ1) is 8.35. The van der Waals surface area contributed by atoms with E-state index >= 15 is 0 Å². The second-order valence-electron chi connectivity index (χ2n) is 4.42. The molecule has 0 unspecified atom stereocenters. The molecule has 0 aromatic heterocycles. The van der Waals surface area contributed by atoms with Crippen LogP contribution in [0.1, 0.15) is 28.8 Å². The van der Waals surface area contributed by atoms with Crippen LogP contribution in [0.4, 0.5) is 8.78 Å². The fourth-order valence-corrected chi connectivity index (χ4v) is 1.62. The van der Waals surface area contributed by atoms with E-state index in [1.807, 2.05) is 0 Å². The van der Waals surface area contributed by atoms with E-state index < -0.39 is 34.6 Å². The quantitative estimate of drug-likeness (QED) is 0.862. The van der Waals surface area contributed by atoms with Crippen LogP contribution in [0, 0.1) is 18.6 Å². The second-order valence-corrected chi connectivity index (χ2v) is 4.42. The van der Waals surface area contributed by atoms with Gasteiger partial charge in [-0.15, -0.1) is 0 Å². The Bertz CT molecular complexity index is 538. The van der Waals surface area contributed by atoms with Crippen molar-refractivity contribution in [3.63, 3.8) is 0 Å². The number of benzene rings is 1. The molecular formula is C12H11F2NO3. The van der Waals surface area contributed by atoms with Gasteiger partial charge in [0.05, 0.1) is 5.56 Å². The molecule has 0 spiro atoms. The standard InChI is InChI=1S/C12H11F2NO3/c1-6-4-9(14)7(5-8(6)13)10(16)15-12(2-3-12)11(17)18/h4-5H,2-3H2,1H3,(H,15,16)(H,17,18). The third kappa shape index (κ3) is 2.05. The summed E-state index contributed by atoms with van der Waals surface area (Å²) in [4.78, 5) is 22.6. The number of carboxylic acids is 1. The predicted molar refractivity (Wildman–Crippen MR) is 58.2 cm³/mol. The summed E-state index contributed by atoms with van der Waals surface area (Å²) in [7, 11) is 0. The van der Waals surface area contributed by atoms with Crippen LogP contribution in [0.2, 0.25) is 0 Å². The molecular weight excluding hydrogens is 244 g/mol. The summed E-state index contributed by atoms with van der Waals surface area (Å²) in [6, 6.07) is 1.68. The molecule has 1 aromatic rings. The lowest BCUT2D eigenvalue weighted by molar-refractivity contribution is -0.140. The zero-order valence-electron chi connectivity index (χ0n) is 9.59. The minimum absolute atomic E-state index is 0.0865. The first-order valence-electron chi connectivity index (χ1n) is 5.37. The molecule has 0 saturated heterocycles. The van der Waals surface area contributed by atoms with E-state index in [0.717, 1.165) is 12.1 Å². The Labute approximate surface area is 102 Å². The van der Waals surface area contributed by atoms with Crippen molar-refractivity contribution in [2.24, 2.45) is 0 Å². The van der Waals surface area contributed by atoms with Crippen LogP contribution in [0.25, 0.3) is 0 Å². The Kier molecular flexibility index (Phi) is 2.80. The van der Waals surface area contributed by atoms with Crippen LogP contribution in [-0.4, -0.2) is 22.5 Å². The van der Waals surface area contributed by atoms with Crippen molar-refractivity contribution < 1.29 is 23.5 Å². The number of rotatable bonds is 3. The van der Waals surface area contributed by atoms with Crippen LogP contribution in [-0.2, 0) is 4.79 Å². The maximum absolute atomic E-state index is 13.5. The van der Waals surface area contributed by atoms with E-state index in [1.54, 1.807) is 0 Å². The summed E-state index contributed by atoms with van der Waals surface area (Å²) in [5.41, 5.74) is -1.71. The van der Waals surface area contributed by atoms with E-state index in [4.69, 9.17) is 5.11 Å². The molecule has 0 atom stereocenters. The molecule has 1 aliphatic rings. The molecule has 1 fully saturated rings. The maximum Gasteiger partial charge on any atom is 0.329 e. The number of carboxylic acid groups (broad SMARTS) is 1. The molecule has 0 aliphatic heterocycles. The van der Waals surface area contributed by atoms with Gasteiger partial charge in [0.25, 0.3) is 5.91 Å². The molecule has 2 rings (SSSR count). The first-order valence-corrected chi connectivity index (χ1v) is 5.37. The van der Waals surface area contributed by atoms with Gasteiger partial charge in [-0.2, -0.15) is 0 Å². The number of aryl methyl sites for hydroxylation is 1. The van der Waals surface area contributed by atoms with Gasteiger partial charge in [-0.05, 0) is 37.5 Å². The topological polar surface area (TPSA) is 66.4 Å². The number of carbonyl (C=O) groups is 2. The molecule has 1 saturated carbocycles. The minimum atomic E-state index is -1.31. The van der Waals surface area contributed by atoms with E-state index in [0.29, 0.717) is 12.8 Å². The summed E-state index contributed by atoms with van der Waals surface area (Å²) in [6.45, 7) is 1.37. The monoisotopic (exact) mass is 255 g/mol. The highest BCUT2D eigenvalue weighted by atomic mass is 19.1. The SMILES string of the molecule is Cc1cc(F)c(C(=O)NC2(C(=O)O)CC2)cc1F. The maximum atomic E-state index is 13.5. The molecule has 18 heavy (non-hydrogen) atoms. The van der Waals surface area contributed by atoms with Crippen LogP contribution < -0.4 is 5.32 Å². The normalized spacial score (nSPS) is 16.2. The molecule has 4 nitrogen and oxygen atoms in total. The highest BCUT2D eigenvalue weighted by molar-refractivity contribution is 5.99. The van der Waals surface area contributed by atoms with E-state index in [9.17, 15) is 18.4 Å². The van der Waals surface area contributed by atoms with Crippen molar-refractivity contribution >= 4 is 11.9 Å². The van der Waals surface area contributed by atoms with Crippen LogP contribution in [0.3, 0.4) is 0 Å². The smallest absolute Gasteiger partial charge is 0.329 e. The van der Waals surface area contributed by atoms with Crippen molar-refractivity contribution in [3.05, 3.63) is 34.9 Å². The molecule has 1 aliphatic carbocycles. The summed E-state index contributed by atoms with van der Waals surface area (Å²) in [6.07, 6.45) is 0.591. The number of amides is 1. The minimum Gasteiger partial charge on any atom is -0.480 e. The van der Waals surface area contributed by atoms with Crippen molar-refractivity contribution in [1.82, 2.24) is 5.32 Å². The fraction of sp³-hybridized carbons (Fsp3) is 0.333. The Hall–Kier alpha value is -1.98. The molecule has 6 heteroatoms. The summed E-state index contributed by atoms with van der Waals surface area (Å²) in [5, 5.41) is 11.1. The van der Waals surface area contributed by atoms with Gasteiger partial charge in [-0.25, -0.2) is 13.6 Å². The van der Waals surface area contributed by atoms with Crippen LogP contribution in [0.5, 0.6) is 0 Å². The molecule has 1 aromatic carbocycles. The van der Waals surface area contributed by atoms with Crippen LogP contribution in [0.15, 0.2) is 12.1 Å². The molecule has 1 amide bonds. The average molecular weight is 255 g/mol. The Morgan fingerprint density at radius 1 is 1.28 bits per heavy atom. The average Bonchev–Trinajstić information content (AvgIpc) is 3.04. The van der Waals surface area contributed by atoms with Gasteiger partial charge in [0.2, 0.25) is 0 Å². The van der Waals surface area contributed by atoms with Crippen molar-refractivity contribution in [2.75, 3.05) is 0 Å². The predicted octanol–water partition coefficient (Wildman–Crippen LogP) is 1.62. The highest BCUT2D eigenvalue weighted by Gasteiger charge is 2.51. The van der Waals surface area contributed by atoms with Gasteiger partial charge in [0.1, 0.15) is 17.2 Å². The summed E-state index contributed by atoms with van der Waals surface area (Å²) < 4.78 is 26.8. The lowest BCUT2D eigenvalue weighted by Crippen LogP contribution is -2.43. The number of halogens is 2. The van der Waals surface area contributed by atoms with Crippen LogP contribution >= 0.6 is 0 Å². The lowest BCUT2D eigenvalue weighted by atomic mass is 10.1.